The molecular weight excluding hydrogens is 465 g/mol. The third kappa shape index (κ3) is 18.8. The molecule has 0 fully saturated rings. The molecule has 2 unspecified atom stereocenters. The lowest BCUT2D eigenvalue weighted by atomic mass is 10.3. The maximum atomic E-state index is 8.96. The normalized spacial score (nSPS) is 13.6. The summed E-state index contributed by atoms with van der Waals surface area (Å²) in [5, 5.41) is 20.9. The summed E-state index contributed by atoms with van der Waals surface area (Å²) in [6, 6.07) is 2.41. The molecule has 0 spiro atoms. The zero-order chi connectivity index (χ0) is 25.4. The largest absolute Gasteiger partial charge is 0.379 e. The fraction of sp³-hybridized carbons (Fsp3) is 0.955. The fourth-order valence-corrected chi connectivity index (χ4v) is 4.52. The number of nitriles is 1. The van der Waals surface area contributed by atoms with Crippen molar-refractivity contribution in [3.8, 4) is 6.07 Å². The Kier molecular flexibility index (Phi) is 23.9. The summed E-state index contributed by atoms with van der Waals surface area (Å²) in [6.45, 7) is 13.2. The second kappa shape index (κ2) is 24.2. The molecule has 0 saturated carbocycles. The average molecular weight is 512 g/mol. The molecule has 0 aromatic heterocycles. The van der Waals surface area contributed by atoms with Gasteiger partial charge in [0, 0.05) is 18.7 Å². The summed E-state index contributed by atoms with van der Waals surface area (Å²) < 4.78 is 36.1. The first-order valence-corrected chi connectivity index (χ1v) is 13.1. The molecule has 0 saturated heterocycles. The number of nitrogens with zero attached hydrogens (tertiary/aromatic N) is 2. The molecule has 0 radical (unpaired) electrons. The van der Waals surface area contributed by atoms with E-state index in [0.717, 1.165) is 19.6 Å². The Morgan fingerprint density at radius 3 is 1.91 bits per heavy atom. The summed E-state index contributed by atoms with van der Waals surface area (Å²) in [5.74, 6) is 0. The second-order valence-electron chi connectivity index (χ2n) is 7.94. The first-order valence-electron chi connectivity index (χ1n) is 11.9. The van der Waals surface area contributed by atoms with Crippen molar-refractivity contribution in [3.63, 3.8) is 0 Å². The minimum absolute atomic E-state index is 0.0593. The number of rotatable bonds is 25. The van der Waals surface area contributed by atoms with Gasteiger partial charge in [-0.3, -0.25) is 5.26 Å². The molecule has 0 aromatic carbocycles. The lowest BCUT2D eigenvalue weighted by Crippen LogP contribution is -2.36. The van der Waals surface area contributed by atoms with Crippen molar-refractivity contribution in [2.24, 2.45) is 0 Å². The number of hydrogen-bond donors (Lipinski definition) is 2. The summed E-state index contributed by atoms with van der Waals surface area (Å²) >= 11 is 0. The highest BCUT2D eigenvalue weighted by Crippen LogP contribution is 2.47. The van der Waals surface area contributed by atoms with Gasteiger partial charge in [0.25, 0.3) is 8.53 Å². The lowest BCUT2D eigenvalue weighted by molar-refractivity contribution is -0.257. The van der Waals surface area contributed by atoms with E-state index in [1.54, 1.807) is 0 Å². The Labute approximate surface area is 206 Å². The molecule has 0 amide bonds. The maximum absolute atomic E-state index is 8.96. The van der Waals surface area contributed by atoms with E-state index in [1.807, 2.05) is 7.05 Å². The highest BCUT2D eigenvalue weighted by atomic mass is 31.2. The van der Waals surface area contributed by atoms with Gasteiger partial charge in [0.05, 0.1) is 65.3 Å². The van der Waals surface area contributed by atoms with Gasteiger partial charge >= 0.3 is 0 Å². The molecule has 0 heterocycles. The van der Waals surface area contributed by atoms with Gasteiger partial charge in [-0.25, -0.2) is 9.56 Å². The van der Waals surface area contributed by atoms with Crippen LogP contribution in [-0.2, 0) is 32.9 Å². The molecule has 11 nitrogen and oxygen atoms in total. The summed E-state index contributed by atoms with van der Waals surface area (Å²) in [5.41, 5.74) is 0. The SMILES string of the molecule is CNCCCOCCOCCOCCOCC(COO)OP(OCCC#N)N(C(C)C)C(C)C. The molecule has 12 heteroatoms. The van der Waals surface area contributed by atoms with Crippen molar-refractivity contribution in [2.45, 2.75) is 58.7 Å². The van der Waals surface area contributed by atoms with E-state index in [-0.39, 0.29) is 38.3 Å². The highest BCUT2D eigenvalue weighted by Gasteiger charge is 2.30. The van der Waals surface area contributed by atoms with Gasteiger partial charge in [0.15, 0.2) is 0 Å². The van der Waals surface area contributed by atoms with Crippen LogP contribution in [0.25, 0.3) is 0 Å². The average Bonchev–Trinajstić information content (AvgIpc) is 2.79. The molecule has 0 rings (SSSR count). The molecule has 34 heavy (non-hydrogen) atoms. The molecule has 0 aliphatic rings. The molecule has 0 aromatic rings. The third-order valence-electron chi connectivity index (χ3n) is 4.30. The minimum Gasteiger partial charge on any atom is -0.379 e. The summed E-state index contributed by atoms with van der Waals surface area (Å²) in [7, 11) is 0.462. The van der Waals surface area contributed by atoms with Crippen molar-refractivity contribution < 1.29 is 38.1 Å². The minimum atomic E-state index is -1.46. The number of ether oxygens (including phenoxy) is 4. The van der Waals surface area contributed by atoms with E-state index in [9.17, 15) is 0 Å². The highest BCUT2D eigenvalue weighted by molar-refractivity contribution is 7.44. The number of nitrogens with one attached hydrogen (secondary N) is 1. The number of hydrogen-bond acceptors (Lipinski definition) is 11. The summed E-state index contributed by atoms with van der Waals surface area (Å²) in [6.07, 6.45) is 0.725. The fourth-order valence-electron chi connectivity index (χ4n) is 2.84. The predicted molar refractivity (Wildman–Crippen MR) is 130 cm³/mol. The van der Waals surface area contributed by atoms with Crippen LogP contribution in [0.3, 0.4) is 0 Å². The Bertz CT molecular complexity index is 478. The van der Waals surface area contributed by atoms with Crippen LogP contribution in [0.1, 0.15) is 40.5 Å². The third-order valence-corrected chi connectivity index (χ3v) is 6.48. The Morgan fingerprint density at radius 1 is 0.853 bits per heavy atom. The van der Waals surface area contributed by atoms with Crippen LogP contribution >= 0.6 is 8.53 Å². The second-order valence-corrected chi connectivity index (χ2v) is 9.35. The van der Waals surface area contributed by atoms with Crippen LogP contribution in [0.2, 0.25) is 0 Å². The smallest absolute Gasteiger partial charge is 0.259 e. The first-order chi connectivity index (χ1) is 16.5. The van der Waals surface area contributed by atoms with Crippen molar-refractivity contribution in [1.82, 2.24) is 9.99 Å². The zero-order valence-electron chi connectivity index (χ0n) is 21.6. The molecular formula is C22H46N3O8P. The molecule has 0 aliphatic carbocycles. The van der Waals surface area contributed by atoms with Crippen LogP contribution in [0.5, 0.6) is 0 Å². The van der Waals surface area contributed by atoms with Gasteiger partial charge < -0.3 is 33.3 Å². The quantitative estimate of drug-likeness (QED) is 0.0814. The zero-order valence-corrected chi connectivity index (χ0v) is 22.5. The monoisotopic (exact) mass is 511 g/mol. The van der Waals surface area contributed by atoms with E-state index in [1.165, 1.54) is 0 Å². The first kappa shape index (κ1) is 33.5. The Hall–Kier alpha value is -0.480. The summed E-state index contributed by atoms with van der Waals surface area (Å²) in [4.78, 5) is 4.32. The lowest BCUT2D eigenvalue weighted by Gasteiger charge is -2.37. The topological polar surface area (TPSA) is 124 Å². The van der Waals surface area contributed by atoms with E-state index in [0.29, 0.717) is 39.6 Å². The van der Waals surface area contributed by atoms with E-state index >= 15 is 0 Å². The predicted octanol–water partition coefficient (Wildman–Crippen LogP) is 2.81. The van der Waals surface area contributed by atoms with Gasteiger partial charge in [0.2, 0.25) is 0 Å². The van der Waals surface area contributed by atoms with Gasteiger partial charge in [0.1, 0.15) is 12.7 Å². The van der Waals surface area contributed by atoms with Gasteiger partial charge in [-0.1, -0.05) is 0 Å². The van der Waals surface area contributed by atoms with Gasteiger partial charge in [-0.05, 0) is 47.7 Å². The van der Waals surface area contributed by atoms with Crippen molar-refractivity contribution in [1.29, 1.82) is 5.26 Å². The van der Waals surface area contributed by atoms with Crippen LogP contribution in [0, 0.1) is 11.3 Å². The van der Waals surface area contributed by atoms with Crippen molar-refractivity contribution >= 4 is 8.53 Å². The van der Waals surface area contributed by atoms with E-state index < -0.39 is 14.6 Å². The van der Waals surface area contributed by atoms with E-state index in [2.05, 4.69) is 48.6 Å². The van der Waals surface area contributed by atoms with Crippen LogP contribution in [0.15, 0.2) is 0 Å². The molecule has 2 atom stereocenters. The maximum Gasteiger partial charge on any atom is 0.259 e. The Morgan fingerprint density at radius 2 is 1.41 bits per heavy atom. The standard InChI is InChI=1S/C22H46N3O8P/c1-20(2)25(21(3)4)34(32-11-6-8-23)33-22(19-31-26)18-30-17-16-29-15-14-28-13-12-27-10-7-9-24-5/h20-22,24,26H,6-7,9-19H2,1-5H3. The van der Waals surface area contributed by atoms with Crippen molar-refractivity contribution in [2.75, 3.05) is 79.7 Å². The van der Waals surface area contributed by atoms with E-state index in [4.69, 9.17) is 38.5 Å². The molecule has 0 bridgehead atoms. The van der Waals surface area contributed by atoms with Crippen LogP contribution in [0.4, 0.5) is 0 Å². The Balaban J connectivity index is 4.15. The molecule has 2 N–H and O–H groups in total. The van der Waals surface area contributed by atoms with Gasteiger partial charge in [-0.15, -0.1) is 0 Å². The van der Waals surface area contributed by atoms with Crippen LogP contribution < -0.4 is 5.32 Å². The van der Waals surface area contributed by atoms with Crippen molar-refractivity contribution in [3.05, 3.63) is 0 Å². The van der Waals surface area contributed by atoms with Crippen LogP contribution in [-0.4, -0.2) is 108 Å². The molecule has 0 aliphatic heterocycles. The molecule has 202 valence electrons. The van der Waals surface area contributed by atoms with Gasteiger partial charge in [-0.2, -0.15) is 5.26 Å².